The van der Waals surface area contributed by atoms with Crippen molar-refractivity contribution in [1.82, 2.24) is 0 Å². The zero-order chi connectivity index (χ0) is 8.81. The SMILES string of the molecule is CSCC(=O)CCc1ccsc1. The van der Waals surface area contributed by atoms with Gasteiger partial charge in [-0.25, -0.2) is 0 Å². The highest BCUT2D eigenvalue weighted by Crippen LogP contribution is 2.09. The van der Waals surface area contributed by atoms with Gasteiger partial charge in [-0.1, -0.05) is 0 Å². The maximum absolute atomic E-state index is 11.1. The molecule has 12 heavy (non-hydrogen) atoms. The first kappa shape index (κ1) is 9.81. The Kier molecular flexibility index (Phi) is 4.40. The first-order valence-electron chi connectivity index (χ1n) is 3.84. The molecule has 0 aliphatic rings. The van der Waals surface area contributed by atoms with E-state index in [-0.39, 0.29) is 0 Å². The lowest BCUT2D eigenvalue weighted by molar-refractivity contribution is -0.116. The maximum Gasteiger partial charge on any atom is 0.143 e. The van der Waals surface area contributed by atoms with E-state index in [2.05, 4.69) is 11.4 Å². The summed E-state index contributed by atoms with van der Waals surface area (Å²) in [6.45, 7) is 0. The average molecular weight is 200 g/mol. The number of Topliss-reactive ketones (excluding diaryl/α,β-unsaturated/α-hetero) is 1. The minimum Gasteiger partial charge on any atom is -0.299 e. The normalized spacial score (nSPS) is 10.1. The highest BCUT2D eigenvalue weighted by molar-refractivity contribution is 7.99. The number of thioether (sulfide) groups is 1. The summed E-state index contributed by atoms with van der Waals surface area (Å²) in [5.74, 6) is 1.01. The van der Waals surface area contributed by atoms with Gasteiger partial charge in [-0.2, -0.15) is 23.1 Å². The van der Waals surface area contributed by atoms with Crippen LogP contribution < -0.4 is 0 Å². The summed E-state index contributed by atoms with van der Waals surface area (Å²) in [4.78, 5) is 11.1. The molecule has 0 aliphatic carbocycles. The number of ketones is 1. The Labute approximate surface area is 81.2 Å². The van der Waals surface area contributed by atoms with Crippen molar-refractivity contribution in [2.75, 3.05) is 12.0 Å². The Hall–Kier alpha value is -0.280. The molecule has 1 rings (SSSR count). The second kappa shape index (κ2) is 5.38. The van der Waals surface area contributed by atoms with Crippen molar-refractivity contribution in [3.63, 3.8) is 0 Å². The molecule has 0 aromatic carbocycles. The lowest BCUT2D eigenvalue weighted by atomic mass is 10.1. The number of hydrogen-bond acceptors (Lipinski definition) is 3. The van der Waals surface area contributed by atoms with Crippen LogP contribution in [-0.4, -0.2) is 17.8 Å². The number of rotatable bonds is 5. The Morgan fingerprint density at radius 1 is 1.67 bits per heavy atom. The highest BCUT2D eigenvalue weighted by atomic mass is 32.2. The standard InChI is InChI=1S/C9H12OS2/c1-11-7-9(10)3-2-8-4-5-12-6-8/h4-6H,2-3,7H2,1H3. The number of carbonyl (C=O) groups excluding carboxylic acids is 1. The van der Waals surface area contributed by atoms with Crippen molar-refractivity contribution < 1.29 is 4.79 Å². The summed E-state index contributed by atoms with van der Waals surface area (Å²) in [6.07, 6.45) is 3.56. The van der Waals surface area contributed by atoms with Gasteiger partial charge in [-0.15, -0.1) is 0 Å². The second-order valence-electron chi connectivity index (χ2n) is 2.60. The fourth-order valence-electron chi connectivity index (χ4n) is 0.952. The summed E-state index contributed by atoms with van der Waals surface area (Å²) in [5.41, 5.74) is 1.29. The van der Waals surface area contributed by atoms with Crippen molar-refractivity contribution in [2.24, 2.45) is 0 Å². The molecule has 3 heteroatoms. The van der Waals surface area contributed by atoms with Crippen molar-refractivity contribution in [1.29, 1.82) is 0 Å². The van der Waals surface area contributed by atoms with Crippen LogP contribution in [0.25, 0.3) is 0 Å². The Balaban J connectivity index is 2.22. The van der Waals surface area contributed by atoms with Gasteiger partial charge in [0.2, 0.25) is 0 Å². The second-order valence-corrected chi connectivity index (χ2v) is 4.25. The zero-order valence-electron chi connectivity index (χ0n) is 7.08. The number of carbonyl (C=O) groups is 1. The molecule has 0 spiro atoms. The molecule has 0 radical (unpaired) electrons. The van der Waals surface area contributed by atoms with E-state index in [0.29, 0.717) is 18.0 Å². The molecule has 0 N–H and O–H groups in total. The van der Waals surface area contributed by atoms with E-state index in [4.69, 9.17) is 0 Å². The van der Waals surface area contributed by atoms with Gasteiger partial charge < -0.3 is 0 Å². The van der Waals surface area contributed by atoms with Crippen LogP contribution in [0.15, 0.2) is 16.8 Å². The van der Waals surface area contributed by atoms with Crippen LogP contribution >= 0.6 is 23.1 Å². The first-order valence-corrected chi connectivity index (χ1v) is 6.18. The van der Waals surface area contributed by atoms with Gasteiger partial charge in [0.15, 0.2) is 0 Å². The summed E-state index contributed by atoms with van der Waals surface area (Å²) >= 11 is 3.29. The molecule has 0 fully saturated rings. The third kappa shape index (κ3) is 3.41. The molecule has 0 bridgehead atoms. The minimum absolute atomic E-state index is 0.355. The van der Waals surface area contributed by atoms with Gasteiger partial charge in [-0.05, 0) is 35.1 Å². The van der Waals surface area contributed by atoms with Crippen LogP contribution in [0.2, 0.25) is 0 Å². The third-order valence-electron chi connectivity index (χ3n) is 1.58. The van der Waals surface area contributed by atoms with Gasteiger partial charge in [0.1, 0.15) is 5.78 Å². The largest absolute Gasteiger partial charge is 0.299 e. The summed E-state index contributed by atoms with van der Waals surface area (Å²) in [7, 11) is 0. The van der Waals surface area contributed by atoms with E-state index in [1.54, 1.807) is 23.1 Å². The quantitative estimate of drug-likeness (QED) is 0.727. The summed E-state index contributed by atoms with van der Waals surface area (Å²) in [6, 6.07) is 2.08. The first-order chi connectivity index (χ1) is 5.83. The van der Waals surface area contributed by atoms with Crippen LogP contribution in [0.5, 0.6) is 0 Å². The number of aryl methyl sites for hydroxylation is 1. The predicted octanol–water partition coefficient (Wildman–Crippen LogP) is 2.61. The Bertz CT molecular complexity index is 229. The molecule has 0 saturated heterocycles. The van der Waals surface area contributed by atoms with E-state index in [9.17, 15) is 4.79 Å². The highest BCUT2D eigenvalue weighted by Gasteiger charge is 2.01. The topological polar surface area (TPSA) is 17.1 Å². The molecule has 1 aromatic rings. The van der Waals surface area contributed by atoms with Crippen molar-refractivity contribution in [3.05, 3.63) is 22.4 Å². The molecule has 0 atom stereocenters. The van der Waals surface area contributed by atoms with E-state index in [1.165, 1.54) is 5.56 Å². The average Bonchev–Trinajstić information content (AvgIpc) is 2.53. The smallest absolute Gasteiger partial charge is 0.143 e. The van der Waals surface area contributed by atoms with Crippen LogP contribution in [0.1, 0.15) is 12.0 Å². The van der Waals surface area contributed by atoms with E-state index in [0.717, 1.165) is 6.42 Å². The van der Waals surface area contributed by atoms with Crippen LogP contribution in [0.4, 0.5) is 0 Å². The number of thiophene rings is 1. The van der Waals surface area contributed by atoms with Gasteiger partial charge in [0, 0.05) is 6.42 Å². The van der Waals surface area contributed by atoms with Gasteiger partial charge in [0.25, 0.3) is 0 Å². The monoisotopic (exact) mass is 200 g/mol. The fraction of sp³-hybridized carbons (Fsp3) is 0.444. The van der Waals surface area contributed by atoms with Crippen molar-refractivity contribution in [2.45, 2.75) is 12.8 Å². The Morgan fingerprint density at radius 3 is 3.08 bits per heavy atom. The number of hydrogen-bond donors (Lipinski definition) is 0. The predicted molar refractivity (Wildman–Crippen MR) is 56.0 cm³/mol. The van der Waals surface area contributed by atoms with E-state index >= 15 is 0 Å². The minimum atomic E-state index is 0.355. The third-order valence-corrected chi connectivity index (χ3v) is 2.92. The van der Waals surface area contributed by atoms with E-state index in [1.807, 2.05) is 11.6 Å². The lowest BCUT2D eigenvalue weighted by Crippen LogP contribution is -2.02. The lowest BCUT2D eigenvalue weighted by Gasteiger charge is -1.96. The van der Waals surface area contributed by atoms with Crippen LogP contribution in [-0.2, 0) is 11.2 Å². The molecule has 66 valence electrons. The van der Waals surface area contributed by atoms with Gasteiger partial charge >= 0.3 is 0 Å². The maximum atomic E-state index is 11.1. The van der Waals surface area contributed by atoms with Gasteiger partial charge in [-0.3, -0.25) is 4.79 Å². The van der Waals surface area contributed by atoms with Gasteiger partial charge in [0.05, 0.1) is 5.75 Å². The summed E-state index contributed by atoms with van der Waals surface area (Å²) in [5, 5.41) is 4.15. The molecular weight excluding hydrogens is 188 g/mol. The molecular formula is C9H12OS2. The molecule has 0 amide bonds. The van der Waals surface area contributed by atoms with Crippen LogP contribution in [0.3, 0.4) is 0 Å². The molecule has 0 unspecified atom stereocenters. The van der Waals surface area contributed by atoms with E-state index < -0.39 is 0 Å². The van der Waals surface area contributed by atoms with Crippen molar-refractivity contribution in [3.8, 4) is 0 Å². The molecule has 0 saturated carbocycles. The van der Waals surface area contributed by atoms with Crippen molar-refractivity contribution >= 4 is 28.9 Å². The molecule has 1 heterocycles. The summed E-state index contributed by atoms with van der Waals surface area (Å²) < 4.78 is 0. The zero-order valence-corrected chi connectivity index (χ0v) is 8.71. The van der Waals surface area contributed by atoms with Crippen LogP contribution in [0, 0.1) is 0 Å². The Morgan fingerprint density at radius 2 is 2.50 bits per heavy atom. The fourth-order valence-corrected chi connectivity index (χ4v) is 2.12. The molecule has 1 aromatic heterocycles. The molecule has 1 nitrogen and oxygen atoms in total. The molecule has 0 aliphatic heterocycles.